The smallest absolute Gasteiger partial charge is 0.0440 e. The van der Waals surface area contributed by atoms with Crippen molar-refractivity contribution in [1.29, 1.82) is 0 Å². The van der Waals surface area contributed by atoms with Crippen molar-refractivity contribution in [3.8, 4) is 33.4 Å². The molecule has 0 saturated heterocycles. The predicted octanol–water partition coefficient (Wildman–Crippen LogP) is 16.0. The molecule has 1 heteroatoms. The summed E-state index contributed by atoms with van der Waals surface area (Å²) in [6, 6.07) is 72.0. The van der Waals surface area contributed by atoms with Crippen molar-refractivity contribution in [3.63, 3.8) is 0 Å². The van der Waals surface area contributed by atoms with Crippen molar-refractivity contribution >= 4 is 96.1 Å². The number of thiophene rings is 1. The highest BCUT2D eigenvalue weighted by Crippen LogP contribution is 2.49. The van der Waals surface area contributed by atoms with Crippen LogP contribution in [-0.2, 0) is 0 Å². The molecule has 55 heavy (non-hydrogen) atoms. The second kappa shape index (κ2) is 11.9. The first kappa shape index (κ1) is 30.6. The maximum absolute atomic E-state index is 2.45. The van der Waals surface area contributed by atoms with Gasteiger partial charge in [0.2, 0.25) is 0 Å². The summed E-state index contributed by atoms with van der Waals surface area (Å²) in [6.07, 6.45) is 0. The van der Waals surface area contributed by atoms with E-state index in [0.717, 1.165) is 0 Å². The summed E-state index contributed by atoms with van der Waals surface area (Å²) in [4.78, 5) is 0. The van der Waals surface area contributed by atoms with Crippen molar-refractivity contribution in [3.05, 3.63) is 194 Å². The van der Waals surface area contributed by atoms with Gasteiger partial charge in [-0.3, -0.25) is 0 Å². The van der Waals surface area contributed by atoms with Gasteiger partial charge in [0.1, 0.15) is 0 Å². The molecule has 12 aromatic rings. The highest BCUT2D eigenvalue weighted by Gasteiger charge is 2.20. The Labute approximate surface area is 322 Å². The molecule has 12 rings (SSSR count). The molecule has 1 heterocycles. The molecular formula is C54H32S. The van der Waals surface area contributed by atoms with Crippen molar-refractivity contribution in [2.45, 2.75) is 0 Å². The molecule has 0 aliphatic carbocycles. The number of fused-ring (bicyclic) bond motifs is 13. The van der Waals surface area contributed by atoms with E-state index in [0.29, 0.717) is 0 Å². The third-order valence-electron chi connectivity index (χ3n) is 11.8. The lowest BCUT2D eigenvalue weighted by Crippen LogP contribution is -1.91. The normalized spacial score (nSPS) is 12.0. The van der Waals surface area contributed by atoms with E-state index in [4.69, 9.17) is 0 Å². The number of hydrogen-bond donors (Lipinski definition) is 0. The Morgan fingerprint density at radius 3 is 1.38 bits per heavy atom. The zero-order valence-corrected chi connectivity index (χ0v) is 30.7. The van der Waals surface area contributed by atoms with Crippen molar-refractivity contribution in [1.82, 2.24) is 0 Å². The third kappa shape index (κ3) is 4.45. The molecule has 0 aliphatic heterocycles. The third-order valence-corrected chi connectivity index (χ3v) is 13.0. The first-order valence-electron chi connectivity index (χ1n) is 19.0. The van der Waals surface area contributed by atoms with Crippen molar-refractivity contribution in [2.75, 3.05) is 0 Å². The summed E-state index contributed by atoms with van der Waals surface area (Å²) in [5, 5.41) is 18.3. The Kier molecular flexibility index (Phi) is 6.60. The van der Waals surface area contributed by atoms with E-state index in [-0.39, 0.29) is 0 Å². The molecule has 254 valence electrons. The maximum atomic E-state index is 2.45. The van der Waals surface area contributed by atoms with Crippen LogP contribution in [0.25, 0.3) is 118 Å². The van der Waals surface area contributed by atoms with Crippen molar-refractivity contribution in [2.24, 2.45) is 0 Å². The van der Waals surface area contributed by atoms with Gasteiger partial charge in [-0.15, -0.1) is 11.3 Å². The summed E-state index contributed by atoms with van der Waals surface area (Å²) in [6.45, 7) is 0. The van der Waals surface area contributed by atoms with Crippen LogP contribution in [0.3, 0.4) is 0 Å². The van der Waals surface area contributed by atoms with E-state index in [9.17, 15) is 0 Å². The van der Waals surface area contributed by atoms with Crippen LogP contribution < -0.4 is 0 Å². The van der Waals surface area contributed by atoms with Gasteiger partial charge in [-0.25, -0.2) is 0 Å². The van der Waals surface area contributed by atoms with Gasteiger partial charge in [0.05, 0.1) is 0 Å². The minimum atomic E-state index is 1.23. The van der Waals surface area contributed by atoms with Crippen LogP contribution in [-0.4, -0.2) is 0 Å². The molecule has 0 radical (unpaired) electrons. The Balaban J connectivity index is 1.08. The van der Waals surface area contributed by atoms with Gasteiger partial charge in [0.15, 0.2) is 0 Å². The van der Waals surface area contributed by atoms with Gasteiger partial charge in [-0.2, -0.15) is 0 Å². The maximum Gasteiger partial charge on any atom is 0.0440 e. The first-order valence-corrected chi connectivity index (χ1v) is 19.8. The van der Waals surface area contributed by atoms with Gasteiger partial charge in [0, 0.05) is 25.6 Å². The van der Waals surface area contributed by atoms with E-state index in [2.05, 4.69) is 194 Å². The van der Waals surface area contributed by atoms with Crippen LogP contribution >= 0.6 is 11.3 Å². The van der Waals surface area contributed by atoms with E-state index in [1.807, 2.05) is 11.3 Å². The van der Waals surface area contributed by atoms with E-state index in [1.54, 1.807) is 0 Å². The lowest BCUT2D eigenvalue weighted by molar-refractivity contribution is 1.65. The average Bonchev–Trinajstić information content (AvgIpc) is 3.66. The molecule has 0 nitrogen and oxygen atoms in total. The van der Waals surface area contributed by atoms with E-state index in [1.165, 1.54) is 118 Å². The summed E-state index contributed by atoms with van der Waals surface area (Å²) < 4.78 is 2.70. The van der Waals surface area contributed by atoms with Gasteiger partial charge in [-0.1, -0.05) is 188 Å². The largest absolute Gasteiger partial charge is 0.134 e. The van der Waals surface area contributed by atoms with Crippen LogP contribution in [0.4, 0.5) is 0 Å². The van der Waals surface area contributed by atoms with Gasteiger partial charge in [0.25, 0.3) is 0 Å². The lowest BCUT2D eigenvalue weighted by atomic mass is 9.84. The van der Waals surface area contributed by atoms with Crippen LogP contribution in [0.1, 0.15) is 0 Å². The zero-order valence-electron chi connectivity index (χ0n) is 29.9. The Hall–Kier alpha value is -6.80. The Morgan fingerprint density at radius 1 is 0.273 bits per heavy atom. The molecule has 0 atom stereocenters. The van der Waals surface area contributed by atoms with Crippen LogP contribution in [0.2, 0.25) is 0 Å². The minimum Gasteiger partial charge on any atom is -0.134 e. The Morgan fingerprint density at radius 2 is 0.727 bits per heavy atom. The fraction of sp³-hybridized carbons (Fsp3) is 0. The second-order valence-electron chi connectivity index (χ2n) is 14.7. The van der Waals surface area contributed by atoms with Gasteiger partial charge in [-0.05, 0) is 98.7 Å². The summed E-state index contributed by atoms with van der Waals surface area (Å²) in [5.41, 5.74) is 7.59. The number of rotatable bonds is 3. The lowest BCUT2D eigenvalue weighted by Gasteiger charge is -2.19. The van der Waals surface area contributed by atoms with Crippen LogP contribution in [0.5, 0.6) is 0 Å². The molecule has 0 amide bonds. The predicted molar refractivity (Wildman–Crippen MR) is 241 cm³/mol. The molecule has 0 aliphatic rings. The molecule has 0 N–H and O–H groups in total. The van der Waals surface area contributed by atoms with Gasteiger partial charge >= 0.3 is 0 Å². The molecule has 0 fully saturated rings. The van der Waals surface area contributed by atoms with Crippen LogP contribution in [0, 0.1) is 0 Å². The average molecular weight is 713 g/mol. The minimum absolute atomic E-state index is 1.23. The molecule has 0 unspecified atom stereocenters. The van der Waals surface area contributed by atoms with Crippen molar-refractivity contribution < 1.29 is 0 Å². The monoisotopic (exact) mass is 712 g/mol. The SMILES string of the molecule is c1ccc2c(-c3c4ccccc4c(-c4ccc(-c5cc6sc7c8ccccc8c8ccccc8c7c6c6ccccc56)cc4)c4ccccc34)cccc2c1. The molecule has 11 aromatic carbocycles. The topological polar surface area (TPSA) is 0 Å². The molecule has 1 aromatic heterocycles. The first-order chi connectivity index (χ1) is 27.3. The fourth-order valence-corrected chi connectivity index (χ4v) is 10.8. The van der Waals surface area contributed by atoms with Gasteiger partial charge < -0.3 is 0 Å². The number of hydrogen-bond acceptors (Lipinski definition) is 1. The Bertz CT molecular complexity index is 3470. The highest BCUT2D eigenvalue weighted by atomic mass is 32.1. The van der Waals surface area contributed by atoms with E-state index >= 15 is 0 Å². The number of benzene rings is 11. The van der Waals surface area contributed by atoms with E-state index < -0.39 is 0 Å². The molecule has 0 saturated carbocycles. The van der Waals surface area contributed by atoms with Crippen LogP contribution in [0.15, 0.2) is 194 Å². The summed E-state index contributed by atoms with van der Waals surface area (Å²) in [5.74, 6) is 0. The quantitative estimate of drug-likeness (QED) is 0.126. The highest BCUT2D eigenvalue weighted by molar-refractivity contribution is 7.27. The summed E-state index contributed by atoms with van der Waals surface area (Å²) in [7, 11) is 0. The zero-order chi connectivity index (χ0) is 36.0. The molecule has 0 bridgehead atoms. The summed E-state index contributed by atoms with van der Waals surface area (Å²) >= 11 is 1.93. The standard InChI is InChI=1S/C54H32S/c1-2-16-36-33(14-1)15-13-27-40(36)51-45-24-10-8-22-43(45)50(44-23-9-11-25-46(44)51)35-30-28-34(29-31-35)48-32-49-52(41-20-6-4-19-39(41)48)53-42-21-7-3-17-37(42)38-18-5-12-26-47(38)54(53)55-49/h1-32H. The fourth-order valence-electron chi connectivity index (χ4n) is 9.49. The molecular weight excluding hydrogens is 681 g/mol. The second-order valence-corrected chi connectivity index (χ2v) is 15.7. The molecule has 0 spiro atoms.